The second kappa shape index (κ2) is 5.39. The van der Waals surface area contributed by atoms with Crippen LogP contribution in [-0.2, 0) is 10.2 Å². The highest BCUT2D eigenvalue weighted by Crippen LogP contribution is 2.53. The summed E-state index contributed by atoms with van der Waals surface area (Å²) >= 11 is 0. The quantitative estimate of drug-likeness (QED) is 0.710. The van der Waals surface area contributed by atoms with Crippen molar-refractivity contribution in [1.29, 1.82) is 0 Å². The van der Waals surface area contributed by atoms with Crippen LogP contribution < -0.4 is 10.2 Å². The van der Waals surface area contributed by atoms with Crippen LogP contribution in [0.25, 0.3) is 10.8 Å². The second-order valence-corrected chi connectivity index (χ2v) is 7.81. The van der Waals surface area contributed by atoms with Crippen molar-refractivity contribution in [3.8, 4) is 0 Å². The average molecular weight is 357 g/mol. The molecule has 1 saturated carbocycles. The van der Waals surface area contributed by atoms with Gasteiger partial charge in [-0.25, -0.2) is 9.69 Å². The molecule has 5 nitrogen and oxygen atoms in total. The van der Waals surface area contributed by atoms with Crippen molar-refractivity contribution in [3.63, 3.8) is 0 Å². The van der Waals surface area contributed by atoms with Crippen LogP contribution >= 0.6 is 0 Å². The fourth-order valence-electron chi connectivity index (χ4n) is 4.68. The monoisotopic (exact) mass is 357 g/mol. The van der Waals surface area contributed by atoms with Gasteiger partial charge in [0.25, 0.3) is 5.91 Å². The van der Waals surface area contributed by atoms with Gasteiger partial charge in [0.15, 0.2) is 0 Å². The number of carbonyl (C=O) groups is 2. The van der Waals surface area contributed by atoms with Crippen molar-refractivity contribution in [1.82, 2.24) is 10.3 Å². The van der Waals surface area contributed by atoms with Crippen molar-refractivity contribution in [2.45, 2.75) is 30.7 Å². The molecule has 2 aromatic carbocycles. The Kier molecular flexibility index (Phi) is 3.20. The molecule has 3 aromatic rings. The van der Waals surface area contributed by atoms with Gasteiger partial charge in [-0.15, -0.1) is 0 Å². The zero-order chi connectivity index (χ0) is 18.6. The van der Waals surface area contributed by atoms with E-state index in [1.807, 2.05) is 42.5 Å². The fraction of sp³-hybridized carbons (Fsp3) is 0.227. The Morgan fingerprint density at radius 1 is 0.963 bits per heavy atom. The molecule has 2 fully saturated rings. The Hall–Kier alpha value is -3.21. The first-order valence-electron chi connectivity index (χ1n) is 9.08. The van der Waals surface area contributed by atoms with Crippen LogP contribution in [-0.4, -0.2) is 22.5 Å². The van der Waals surface area contributed by atoms with Crippen LogP contribution in [0.5, 0.6) is 0 Å². The van der Waals surface area contributed by atoms with Gasteiger partial charge in [-0.2, -0.15) is 0 Å². The minimum absolute atomic E-state index is 0.114. The van der Waals surface area contributed by atoms with Crippen LogP contribution in [0.1, 0.15) is 25.3 Å². The summed E-state index contributed by atoms with van der Waals surface area (Å²) in [4.78, 5) is 31.5. The Morgan fingerprint density at radius 3 is 2.44 bits per heavy atom. The number of fused-ring (bicyclic) bond motifs is 1. The van der Waals surface area contributed by atoms with E-state index < -0.39 is 5.54 Å². The fourth-order valence-corrected chi connectivity index (χ4v) is 4.68. The Morgan fingerprint density at radius 2 is 1.67 bits per heavy atom. The molecule has 2 aliphatic rings. The van der Waals surface area contributed by atoms with Crippen LogP contribution in [0, 0.1) is 0 Å². The molecule has 5 heteroatoms. The number of benzene rings is 2. The summed E-state index contributed by atoms with van der Waals surface area (Å²) < 4.78 is 0. The largest absolute Gasteiger partial charge is 0.329 e. The van der Waals surface area contributed by atoms with Gasteiger partial charge >= 0.3 is 6.03 Å². The molecule has 0 radical (unpaired) electrons. The number of rotatable bonds is 2. The lowest BCUT2D eigenvalue weighted by molar-refractivity contribution is -0.127. The van der Waals surface area contributed by atoms with Gasteiger partial charge < -0.3 is 5.32 Å². The molecule has 0 unspecified atom stereocenters. The summed E-state index contributed by atoms with van der Waals surface area (Å²) in [5, 5.41) is 4.71. The van der Waals surface area contributed by atoms with Gasteiger partial charge in [0.2, 0.25) is 0 Å². The van der Waals surface area contributed by atoms with E-state index in [1.54, 1.807) is 12.4 Å². The Labute approximate surface area is 157 Å². The zero-order valence-corrected chi connectivity index (χ0v) is 15.0. The standard InChI is InChI=1S/C22H19N3O2/c1-21(16-8-3-2-4-9-16)13-22(14-21)19(26)25(20(27)24-22)18-12-23-11-15-7-5-6-10-17(15)18/h2-12H,13-14H2,1H3,(H,24,27). The molecule has 0 atom stereocenters. The predicted octanol–water partition coefficient (Wildman–Crippen LogP) is 3.78. The smallest absolute Gasteiger partial charge is 0.323 e. The van der Waals surface area contributed by atoms with E-state index in [1.165, 1.54) is 10.5 Å². The molecule has 1 aromatic heterocycles. The van der Waals surface area contributed by atoms with Gasteiger partial charge in [-0.1, -0.05) is 61.5 Å². The summed E-state index contributed by atoms with van der Waals surface area (Å²) in [6, 6.07) is 17.5. The Bertz CT molecular complexity index is 1070. The second-order valence-electron chi connectivity index (χ2n) is 7.81. The molecule has 2 heterocycles. The van der Waals surface area contributed by atoms with E-state index >= 15 is 0 Å². The van der Waals surface area contributed by atoms with Crippen LogP contribution in [0.4, 0.5) is 10.5 Å². The SMILES string of the molecule is CC1(c2ccccc2)CC2(C1)NC(=O)N(c1cncc3ccccc13)C2=O. The minimum atomic E-state index is -0.821. The number of hydrogen-bond acceptors (Lipinski definition) is 3. The van der Waals surface area contributed by atoms with Crippen molar-refractivity contribution < 1.29 is 9.59 Å². The lowest BCUT2D eigenvalue weighted by Crippen LogP contribution is -2.63. The van der Waals surface area contributed by atoms with Gasteiger partial charge in [-0.3, -0.25) is 9.78 Å². The molecule has 27 heavy (non-hydrogen) atoms. The normalized spacial score (nSPS) is 27.1. The molecular weight excluding hydrogens is 338 g/mol. The van der Waals surface area contributed by atoms with Crippen molar-refractivity contribution in [2.24, 2.45) is 0 Å². The number of nitrogens with zero attached hydrogens (tertiary/aromatic N) is 2. The van der Waals surface area contributed by atoms with Crippen LogP contribution in [0.2, 0.25) is 0 Å². The van der Waals surface area contributed by atoms with E-state index in [4.69, 9.17) is 0 Å². The number of amides is 3. The van der Waals surface area contributed by atoms with Crippen molar-refractivity contribution in [3.05, 3.63) is 72.6 Å². The van der Waals surface area contributed by atoms with E-state index in [2.05, 4.69) is 29.4 Å². The molecule has 3 amide bonds. The summed E-state index contributed by atoms with van der Waals surface area (Å²) in [7, 11) is 0. The molecule has 0 bridgehead atoms. The highest BCUT2D eigenvalue weighted by atomic mass is 16.2. The first-order chi connectivity index (χ1) is 13.0. The van der Waals surface area contributed by atoms with Crippen molar-refractivity contribution in [2.75, 3.05) is 4.90 Å². The molecule has 134 valence electrons. The summed E-state index contributed by atoms with van der Waals surface area (Å²) in [5.74, 6) is -0.181. The third-order valence-corrected chi connectivity index (χ3v) is 5.90. The third-order valence-electron chi connectivity index (χ3n) is 5.90. The number of hydrogen-bond donors (Lipinski definition) is 1. The van der Waals surface area contributed by atoms with E-state index in [0.717, 1.165) is 10.8 Å². The van der Waals surface area contributed by atoms with Crippen molar-refractivity contribution >= 4 is 28.4 Å². The molecule has 1 N–H and O–H groups in total. The molecule has 1 saturated heterocycles. The van der Waals surface area contributed by atoms with E-state index in [-0.39, 0.29) is 17.4 Å². The predicted molar refractivity (Wildman–Crippen MR) is 104 cm³/mol. The molecular formula is C22H19N3O2. The number of urea groups is 1. The highest BCUT2D eigenvalue weighted by molar-refractivity contribution is 6.26. The molecule has 1 aliphatic heterocycles. The number of imide groups is 1. The highest BCUT2D eigenvalue weighted by Gasteiger charge is 2.63. The Balaban J connectivity index is 1.50. The third kappa shape index (κ3) is 2.21. The average Bonchev–Trinajstić information content (AvgIpc) is 2.92. The lowest BCUT2D eigenvalue weighted by Gasteiger charge is -2.51. The topological polar surface area (TPSA) is 62.3 Å². The minimum Gasteiger partial charge on any atom is -0.323 e. The van der Waals surface area contributed by atoms with Gasteiger partial charge in [0.05, 0.1) is 11.9 Å². The molecule has 5 rings (SSSR count). The summed E-state index contributed by atoms with van der Waals surface area (Å²) in [6.07, 6.45) is 4.53. The number of pyridine rings is 1. The van der Waals surface area contributed by atoms with Crippen LogP contribution in [0.15, 0.2) is 67.0 Å². The molecule has 1 spiro atoms. The first kappa shape index (κ1) is 16.0. The van der Waals surface area contributed by atoms with Gasteiger partial charge in [0, 0.05) is 17.0 Å². The van der Waals surface area contributed by atoms with E-state index in [0.29, 0.717) is 18.5 Å². The maximum atomic E-state index is 13.3. The molecule has 1 aliphatic carbocycles. The van der Waals surface area contributed by atoms with Gasteiger partial charge in [-0.05, 0) is 23.8 Å². The number of anilines is 1. The lowest BCUT2D eigenvalue weighted by atomic mass is 9.55. The zero-order valence-electron chi connectivity index (χ0n) is 15.0. The summed E-state index contributed by atoms with van der Waals surface area (Å²) in [5.41, 5.74) is 0.805. The van der Waals surface area contributed by atoms with E-state index in [9.17, 15) is 9.59 Å². The summed E-state index contributed by atoms with van der Waals surface area (Å²) in [6.45, 7) is 2.15. The van der Waals surface area contributed by atoms with Gasteiger partial charge in [0.1, 0.15) is 5.54 Å². The maximum absolute atomic E-state index is 13.3. The maximum Gasteiger partial charge on any atom is 0.329 e. The van der Waals surface area contributed by atoms with Crippen LogP contribution in [0.3, 0.4) is 0 Å². The number of nitrogens with one attached hydrogen (secondary N) is 1. The number of aromatic nitrogens is 1. The first-order valence-corrected chi connectivity index (χ1v) is 9.08. The number of carbonyl (C=O) groups excluding carboxylic acids is 2.